The summed E-state index contributed by atoms with van der Waals surface area (Å²) in [5, 5.41) is 0. The van der Waals surface area contributed by atoms with Gasteiger partial charge in [0.1, 0.15) is 11.9 Å². The molecule has 0 bridgehead atoms. The Morgan fingerprint density at radius 2 is 2.19 bits per heavy atom. The number of halogens is 2. The van der Waals surface area contributed by atoms with Crippen LogP contribution in [0.5, 0.6) is 0 Å². The highest BCUT2D eigenvalue weighted by molar-refractivity contribution is 5.85. The predicted molar refractivity (Wildman–Crippen MR) is 62.1 cm³/mol. The number of hydrogen-bond donors (Lipinski definition) is 1. The molecule has 90 valence electrons. The Morgan fingerprint density at radius 1 is 1.56 bits per heavy atom. The van der Waals surface area contributed by atoms with Gasteiger partial charge in [-0.1, -0.05) is 12.1 Å². The largest absolute Gasteiger partial charge is 0.468 e. The van der Waals surface area contributed by atoms with Crippen molar-refractivity contribution in [2.45, 2.75) is 19.4 Å². The zero-order valence-corrected chi connectivity index (χ0v) is 10.0. The van der Waals surface area contributed by atoms with Crippen LogP contribution in [0.2, 0.25) is 0 Å². The molecule has 0 fully saturated rings. The first-order chi connectivity index (χ1) is 7.04. The molecular formula is C11H15ClFNO2. The molecule has 1 atom stereocenters. The van der Waals surface area contributed by atoms with Crippen molar-refractivity contribution in [1.29, 1.82) is 0 Å². The summed E-state index contributed by atoms with van der Waals surface area (Å²) in [5.41, 5.74) is 6.82. The highest BCUT2D eigenvalue weighted by Gasteiger charge is 2.14. The maximum atomic E-state index is 13.2. The molecule has 0 saturated carbocycles. The number of ether oxygens (including phenoxy) is 1. The van der Waals surface area contributed by atoms with Crippen LogP contribution in [0.4, 0.5) is 4.39 Å². The van der Waals surface area contributed by atoms with Crippen LogP contribution in [-0.2, 0) is 16.0 Å². The molecule has 5 heteroatoms. The molecule has 1 rings (SSSR count). The first-order valence-electron chi connectivity index (χ1n) is 4.63. The number of esters is 1. The molecule has 1 unspecified atom stereocenters. The van der Waals surface area contributed by atoms with Crippen LogP contribution in [0.15, 0.2) is 18.2 Å². The third kappa shape index (κ3) is 3.79. The number of hydrogen-bond acceptors (Lipinski definition) is 3. The zero-order chi connectivity index (χ0) is 11.4. The van der Waals surface area contributed by atoms with E-state index in [4.69, 9.17) is 5.73 Å². The van der Waals surface area contributed by atoms with E-state index in [1.54, 1.807) is 19.1 Å². The van der Waals surface area contributed by atoms with Gasteiger partial charge in [0, 0.05) is 0 Å². The van der Waals surface area contributed by atoms with Crippen molar-refractivity contribution in [2.75, 3.05) is 7.11 Å². The number of carbonyl (C=O) groups is 1. The van der Waals surface area contributed by atoms with E-state index < -0.39 is 12.0 Å². The van der Waals surface area contributed by atoms with Crippen molar-refractivity contribution >= 4 is 18.4 Å². The van der Waals surface area contributed by atoms with E-state index in [0.717, 1.165) is 0 Å². The van der Waals surface area contributed by atoms with E-state index in [0.29, 0.717) is 11.1 Å². The van der Waals surface area contributed by atoms with Crippen LogP contribution < -0.4 is 5.73 Å². The SMILES string of the molecule is COC(=O)C(N)Cc1ccc(C)c(F)c1.Cl. The second-order valence-corrected chi connectivity index (χ2v) is 3.42. The van der Waals surface area contributed by atoms with Crippen molar-refractivity contribution in [3.05, 3.63) is 35.1 Å². The molecule has 0 aromatic heterocycles. The van der Waals surface area contributed by atoms with Gasteiger partial charge in [-0.15, -0.1) is 12.4 Å². The Labute approximate surface area is 100 Å². The molecule has 0 aliphatic carbocycles. The highest BCUT2D eigenvalue weighted by Crippen LogP contribution is 2.10. The Morgan fingerprint density at radius 3 is 2.69 bits per heavy atom. The second-order valence-electron chi connectivity index (χ2n) is 3.42. The number of rotatable bonds is 3. The van der Waals surface area contributed by atoms with Crippen LogP contribution in [-0.4, -0.2) is 19.1 Å². The number of methoxy groups -OCH3 is 1. The first kappa shape index (κ1) is 14.9. The molecule has 0 amide bonds. The van der Waals surface area contributed by atoms with Crippen LogP contribution >= 0.6 is 12.4 Å². The zero-order valence-electron chi connectivity index (χ0n) is 9.20. The molecule has 0 saturated heterocycles. The predicted octanol–water partition coefficient (Wildman–Crippen LogP) is 1.60. The molecule has 0 spiro atoms. The Bertz CT molecular complexity index is 371. The molecule has 16 heavy (non-hydrogen) atoms. The molecule has 0 radical (unpaired) electrons. The van der Waals surface area contributed by atoms with Gasteiger partial charge >= 0.3 is 5.97 Å². The van der Waals surface area contributed by atoms with E-state index in [-0.39, 0.29) is 24.6 Å². The summed E-state index contributed by atoms with van der Waals surface area (Å²) in [4.78, 5) is 11.0. The lowest BCUT2D eigenvalue weighted by Crippen LogP contribution is -2.33. The van der Waals surface area contributed by atoms with Gasteiger partial charge in [0.25, 0.3) is 0 Å². The lowest BCUT2D eigenvalue weighted by molar-refractivity contribution is -0.142. The van der Waals surface area contributed by atoms with Gasteiger partial charge in [-0.05, 0) is 30.5 Å². The van der Waals surface area contributed by atoms with Crippen LogP contribution in [0.25, 0.3) is 0 Å². The Balaban J connectivity index is 0.00000225. The minimum Gasteiger partial charge on any atom is -0.468 e. The van der Waals surface area contributed by atoms with Crippen molar-refractivity contribution in [3.63, 3.8) is 0 Å². The van der Waals surface area contributed by atoms with Gasteiger partial charge in [-0.3, -0.25) is 4.79 Å². The van der Waals surface area contributed by atoms with Gasteiger partial charge in [-0.2, -0.15) is 0 Å². The fourth-order valence-electron chi connectivity index (χ4n) is 1.25. The molecule has 1 aromatic carbocycles. The van der Waals surface area contributed by atoms with Crippen molar-refractivity contribution in [3.8, 4) is 0 Å². The van der Waals surface area contributed by atoms with E-state index in [9.17, 15) is 9.18 Å². The molecule has 2 N–H and O–H groups in total. The summed E-state index contributed by atoms with van der Waals surface area (Å²) in [6.07, 6.45) is 0.282. The molecule has 1 aromatic rings. The number of carbonyl (C=O) groups excluding carboxylic acids is 1. The Kier molecular flexibility index (Phi) is 6.00. The summed E-state index contributed by atoms with van der Waals surface area (Å²) in [7, 11) is 1.28. The first-order valence-corrected chi connectivity index (χ1v) is 4.63. The van der Waals surface area contributed by atoms with Crippen LogP contribution in [0, 0.1) is 12.7 Å². The Hall–Kier alpha value is -1.13. The maximum Gasteiger partial charge on any atom is 0.322 e. The molecule has 0 heterocycles. The standard InChI is InChI=1S/C11H14FNO2.ClH/c1-7-3-4-8(5-9(7)12)6-10(13)11(14)15-2;/h3-5,10H,6,13H2,1-2H3;1H. The average Bonchev–Trinajstić information content (AvgIpc) is 2.22. The quantitative estimate of drug-likeness (QED) is 0.826. The van der Waals surface area contributed by atoms with Gasteiger partial charge in [-0.25, -0.2) is 4.39 Å². The van der Waals surface area contributed by atoms with Gasteiger partial charge in [0.15, 0.2) is 0 Å². The average molecular weight is 248 g/mol. The highest BCUT2D eigenvalue weighted by atomic mass is 35.5. The third-order valence-corrected chi connectivity index (χ3v) is 2.20. The summed E-state index contributed by atoms with van der Waals surface area (Å²) in [6, 6.07) is 4.06. The molecule has 0 aliphatic rings. The second kappa shape index (κ2) is 6.45. The number of nitrogens with two attached hydrogens (primary N) is 1. The lowest BCUT2D eigenvalue weighted by Gasteiger charge is -2.09. The van der Waals surface area contributed by atoms with Gasteiger partial charge < -0.3 is 10.5 Å². The van der Waals surface area contributed by atoms with Gasteiger partial charge in [0.05, 0.1) is 7.11 Å². The molecule has 0 aliphatic heterocycles. The van der Waals surface area contributed by atoms with Gasteiger partial charge in [0.2, 0.25) is 0 Å². The fraction of sp³-hybridized carbons (Fsp3) is 0.364. The van der Waals surface area contributed by atoms with E-state index in [1.807, 2.05) is 0 Å². The summed E-state index contributed by atoms with van der Waals surface area (Å²) in [5.74, 6) is -0.777. The van der Waals surface area contributed by atoms with Crippen molar-refractivity contribution < 1.29 is 13.9 Å². The lowest BCUT2D eigenvalue weighted by atomic mass is 10.0. The van der Waals surface area contributed by atoms with E-state index in [1.165, 1.54) is 13.2 Å². The molecule has 3 nitrogen and oxygen atoms in total. The monoisotopic (exact) mass is 247 g/mol. The maximum absolute atomic E-state index is 13.2. The van der Waals surface area contributed by atoms with Crippen LogP contribution in [0.3, 0.4) is 0 Å². The smallest absolute Gasteiger partial charge is 0.322 e. The summed E-state index contributed by atoms with van der Waals surface area (Å²) < 4.78 is 17.6. The fourth-order valence-corrected chi connectivity index (χ4v) is 1.25. The summed E-state index contributed by atoms with van der Waals surface area (Å²) >= 11 is 0. The summed E-state index contributed by atoms with van der Waals surface area (Å²) in [6.45, 7) is 1.68. The minimum absolute atomic E-state index is 0. The number of aryl methyl sites for hydroxylation is 1. The van der Waals surface area contributed by atoms with E-state index >= 15 is 0 Å². The minimum atomic E-state index is -0.739. The number of benzene rings is 1. The van der Waals surface area contributed by atoms with Crippen LogP contribution in [0.1, 0.15) is 11.1 Å². The van der Waals surface area contributed by atoms with E-state index in [2.05, 4.69) is 4.74 Å². The third-order valence-electron chi connectivity index (χ3n) is 2.20. The topological polar surface area (TPSA) is 52.3 Å². The molecular weight excluding hydrogens is 233 g/mol. The van der Waals surface area contributed by atoms with Crippen molar-refractivity contribution in [2.24, 2.45) is 5.73 Å². The van der Waals surface area contributed by atoms with Crippen molar-refractivity contribution in [1.82, 2.24) is 0 Å². The normalized spacial score (nSPS) is 11.5.